The Morgan fingerprint density at radius 2 is 2.00 bits per heavy atom. The van der Waals surface area contributed by atoms with E-state index in [4.69, 9.17) is 27.9 Å². The van der Waals surface area contributed by atoms with Crippen molar-refractivity contribution < 1.29 is 4.74 Å². The highest BCUT2D eigenvalue weighted by atomic mass is 35.5. The highest BCUT2D eigenvalue weighted by molar-refractivity contribution is 6.42. The number of halogens is 2. The minimum Gasteiger partial charge on any atom is -0.380 e. The van der Waals surface area contributed by atoms with Gasteiger partial charge in [-0.1, -0.05) is 36.2 Å². The summed E-state index contributed by atoms with van der Waals surface area (Å²) in [4.78, 5) is 0. The van der Waals surface area contributed by atoms with Gasteiger partial charge in [0.1, 0.15) is 0 Å². The molecular weight excluding hydrogens is 257 g/mol. The number of benzene rings is 1. The maximum Gasteiger partial charge on any atom is 0.0667 e. The lowest BCUT2D eigenvalue weighted by Gasteiger charge is -2.20. The molecule has 0 heterocycles. The van der Waals surface area contributed by atoms with Crippen LogP contribution in [0.2, 0.25) is 10.0 Å². The van der Waals surface area contributed by atoms with Crippen LogP contribution in [-0.2, 0) is 4.74 Å². The normalized spacial score (nSPS) is 14.6. The van der Waals surface area contributed by atoms with Gasteiger partial charge in [-0.2, -0.15) is 0 Å². The molecule has 0 aliphatic rings. The molecule has 96 valence electrons. The number of rotatable bonds is 6. The summed E-state index contributed by atoms with van der Waals surface area (Å²) in [5.41, 5.74) is 1.16. The SMILES string of the molecule is CCC(NCC(C)OC)c1ccc(Cl)c(Cl)c1. The lowest BCUT2D eigenvalue weighted by molar-refractivity contribution is 0.114. The number of hydrogen-bond acceptors (Lipinski definition) is 2. The second-order valence-electron chi connectivity index (χ2n) is 4.09. The number of ether oxygens (including phenoxy) is 1. The molecule has 1 aromatic rings. The second kappa shape index (κ2) is 7.22. The summed E-state index contributed by atoms with van der Waals surface area (Å²) in [5.74, 6) is 0. The third-order valence-electron chi connectivity index (χ3n) is 2.81. The fourth-order valence-electron chi connectivity index (χ4n) is 1.62. The standard InChI is InChI=1S/C13H19Cl2NO/c1-4-13(16-8-9(2)17-3)10-5-6-11(14)12(15)7-10/h5-7,9,13,16H,4,8H2,1-3H3. The Morgan fingerprint density at radius 3 is 2.53 bits per heavy atom. The van der Waals surface area contributed by atoms with Gasteiger partial charge in [0.25, 0.3) is 0 Å². The maximum atomic E-state index is 6.02. The van der Waals surface area contributed by atoms with Crippen molar-refractivity contribution in [1.29, 1.82) is 0 Å². The number of methoxy groups -OCH3 is 1. The first kappa shape index (κ1) is 14.8. The summed E-state index contributed by atoms with van der Waals surface area (Å²) in [6.45, 7) is 4.99. The zero-order valence-electron chi connectivity index (χ0n) is 10.5. The van der Waals surface area contributed by atoms with Crippen molar-refractivity contribution in [3.63, 3.8) is 0 Å². The summed E-state index contributed by atoms with van der Waals surface area (Å²) >= 11 is 11.9. The molecule has 0 fully saturated rings. The fourth-order valence-corrected chi connectivity index (χ4v) is 1.93. The van der Waals surface area contributed by atoms with Gasteiger partial charge < -0.3 is 10.1 Å². The summed E-state index contributed by atoms with van der Waals surface area (Å²) in [6.07, 6.45) is 1.20. The summed E-state index contributed by atoms with van der Waals surface area (Å²) in [7, 11) is 1.71. The van der Waals surface area contributed by atoms with Crippen LogP contribution in [0, 0.1) is 0 Å². The Labute approximate surface area is 113 Å². The zero-order valence-corrected chi connectivity index (χ0v) is 12.0. The second-order valence-corrected chi connectivity index (χ2v) is 4.90. The lowest BCUT2D eigenvalue weighted by atomic mass is 10.0. The number of hydrogen-bond donors (Lipinski definition) is 1. The van der Waals surface area contributed by atoms with E-state index < -0.39 is 0 Å². The molecule has 0 spiro atoms. The third kappa shape index (κ3) is 4.47. The zero-order chi connectivity index (χ0) is 12.8. The Kier molecular flexibility index (Phi) is 6.28. The highest BCUT2D eigenvalue weighted by Gasteiger charge is 2.11. The van der Waals surface area contributed by atoms with E-state index in [0.717, 1.165) is 18.5 Å². The molecule has 4 heteroatoms. The molecule has 0 saturated carbocycles. The summed E-state index contributed by atoms with van der Waals surface area (Å²) in [6, 6.07) is 6.04. The predicted molar refractivity (Wildman–Crippen MR) is 74.0 cm³/mol. The van der Waals surface area contributed by atoms with Crippen LogP contribution < -0.4 is 5.32 Å². The molecule has 0 amide bonds. The monoisotopic (exact) mass is 275 g/mol. The van der Waals surface area contributed by atoms with E-state index in [1.807, 2.05) is 25.1 Å². The molecule has 0 aromatic heterocycles. The summed E-state index contributed by atoms with van der Waals surface area (Å²) in [5, 5.41) is 4.65. The maximum absolute atomic E-state index is 6.02. The summed E-state index contributed by atoms with van der Waals surface area (Å²) < 4.78 is 5.21. The molecule has 17 heavy (non-hydrogen) atoms. The van der Waals surface area contributed by atoms with Crippen molar-refractivity contribution in [3.05, 3.63) is 33.8 Å². The average molecular weight is 276 g/mol. The van der Waals surface area contributed by atoms with Gasteiger partial charge in [-0.25, -0.2) is 0 Å². The van der Waals surface area contributed by atoms with Crippen LogP contribution >= 0.6 is 23.2 Å². The van der Waals surface area contributed by atoms with Crippen LogP contribution in [0.5, 0.6) is 0 Å². The largest absolute Gasteiger partial charge is 0.380 e. The Balaban J connectivity index is 2.69. The molecular formula is C13H19Cl2NO. The van der Waals surface area contributed by atoms with Crippen molar-refractivity contribution in [2.24, 2.45) is 0 Å². The van der Waals surface area contributed by atoms with E-state index in [0.29, 0.717) is 10.0 Å². The molecule has 2 unspecified atom stereocenters. The Hall–Kier alpha value is -0.280. The van der Waals surface area contributed by atoms with Gasteiger partial charge in [-0.05, 0) is 31.0 Å². The van der Waals surface area contributed by atoms with Crippen LogP contribution in [0.3, 0.4) is 0 Å². The molecule has 1 rings (SSSR count). The van der Waals surface area contributed by atoms with Crippen LogP contribution in [-0.4, -0.2) is 19.8 Å². The molecule has 0 saturated heterocycles. The molecule has 2 atom stereocenters. The smallest absolute Gasteiger partial charge is 0.0667 e. The molecule has 1 N–H and O–H groups in total. The van der Waals surface area contributed by atoms with Gasteiger partial charge in [-0.3, -0.25) is 0 Å². The van der Waals surface area contributed by atoms with Crippen molar-refractivity contribution in [2.45, 2.75) is 32.4 Å². The van der Waals surface area contributed by atoms with E-state index in [1.54, 1.807) is 7.11 Å². The first-order valence-electron chi connectivity index (χ1n) is 5.79. The quantitative estimate of drug-likeness (QED) is 0.845. The number of nitrogens with one attached hydrogen (secondary N) is 1. The van der Waals surface area contributed by atoms with Gasteiger partial charge >= 0.3 is 0 Å². The minimum atomic E-state index is 0.201. The highest BCUT2D eigenvalue weighted by Crippen LogP contribution is 2.26. The predicted octanol–water partition coefficient (Wildman–Crippen LogP) is 4.07. The topological polar surface area (TPSA) is 21.3 Å². The van der Waals surface area contributed by atoms with Crippen LogP contribution in [0.25, 0.3) is 0 Å². The lowest BCUT2D eigenvalue weighted by Crippen LogP contribution is -2.29. The Bertz CT molecular complexity index is 357. The van der Waals surface area contributed by atoms with E-state index in [1.165, 1.54) is 0 Å². The molecule has 0 radical (unpaired) electrons. The average Bonchev–Trinajstić information content (AvgIpc) is 2.33. The van der Waals surface area contributed by atoms with E-state index in [-0.39, 0.29) is 12.1 Å². The fraction of sp³-hybridized carbons (Fsp3) is 0.538. The third-order valence-corrected chi connectivity index (χ3v) is 3.55. The van der Waals surface area contributed by atoms with Crippen molar-refractivity contribution in [3.8, 4) is 0 Å². The molecule has 1 aromatic carbocycles. The minimum absolute atomic E-state index is 0.201. The van der Waals surface area contributed by atoms with Gasteiger partial charge in [0.15, 0.2) is 0 Å². The van der Waals surface area contributed by atoms with Crippen LogP contribution in [0.4, 0.5) is 0 Å². The van der Waals surface area contributed by atoms with Crippen LogP contribution in [0.15, 0.2) is 18.2 Å². The van der Waals surface area contributed by atoms with E-state index >= 15 is 0 Å². The van der Waals surface area contributed by atoms with Gasteiger partial charge in [0, 0.05) is 19.7 Å². The van der Waals surface area contributed by atoms with Gasteiger partial charge in [0.05, 0.1) is 16.1 Å². The van der Waals surface area contributed by atoms with Crippen molar-refractivity contribution >= 4 is 23.2 Å². The van der Waals surface area contributed by atoms with E-state index in [2.05, 4.69) is 12.2 Å². The first-order valence-corrected chi connectivity index (χ1v) is 6.55. The molecule has 0 aliphatic carbocycles. The molecule has 2 nitrogen and oxygen atoms in total. The first-order chi connectivity index (χ1) is 8.08. The van der Waals surface area contributed by atoms with Gasteiger partial charge in [-0.15, -0.1) is 0 Å². The molecule has 0 bridgehead atoms. The molecule has 0 aliphatic heterocycles. The Morgan fingerprint density at radius 1 is 1.29 bits per heavy atom. The van der Waals surface area contributed by atoms with Crippen LogP contribution in [0.1, 0.15) is 31.9 Å². The van der Waals surface area contributed by atoms with Gasteiger partial charge in [0.2, 0.25) is 0 Å². The van der Waals surface area contributed by atoms with E-state index in [9.17, 15) is 0 Å². The van der Waals surface area contributed by atoms with Crippen molar-refractivity contribution in [1.82, 2.24) is 5.32 Å². The van der Waals surface area contributed by atoms with Crippen molar-refractivity contribution in [2.75, 3.05) is 13.7 Å².